The molecule has 0 aliphatic carbocycles. The van der Waals surface area contributed by atoms with Crippen molar-refractivity contribution in [1.82, 2.24) is 0 Å². The first-order valence-electron chi connectivity index (χ1n) is 9.74. The molecular weight excluding hydrogens is 378 g/mol. The summed E-state index contributed by atoms with van der Waals surface area (Å²) in [5, 5.41) is 2.99. The van der Waals surface area contributed by atoms with Crippen LogP contribution in [0, 0.1) is 20.8 Å². The molecule has 0 aliphatic heterocycles. The maximum Gasteiger partial charge on any atom is 0.265 e. The van der Waals surface area contributed by atoms with Crippen molar-refractivity contribution in [2.24, 2.45) is 0 Å². The molecule has 3 rings (SSSR count). The van der Waals surface area contributed by atoms with Crippen molar-refractivity contribution in [3.05, 3.63) is 89.0 Å². The number of hydrogen-bond acceptors (Lipinski definition) is 3. The summed E-state index contributed by atoms with van der Waals surface area (Å²) in [5.74, 6) is 1.45. The molecule has 0 radical (unpaired) electrons. The summed E-state index contributed by atoms with van der Waals surface area (Å²) in [7, 11) is 0. The second-order valence-electron chi connectivity index (χ2n) is 7.25. The Morgan fingerprint density at radius 3 is 2.38 bits per heavy atom. The SMILES string of the molecule is Cc1ccc(O[C@H](C)C(=O)Nc2ccc(CSc3ccccc3)cc2C)cc1C. The van der Waals surface area contributed by atoms with Crippen LogP contribution in [-0.4, -0.2) is 12.0 Å². The summed E-state index contributed by atoms with van der Waals surface area (Å²) >= 11 is 1.80. The number of rotatable bonds is 7. The third-order valence-corrected chi connectivity index (χ3v) is 5.94. The van der Waals surface area contributed by atoms with E-state index in [1.807, 2.05) is 56.3 Å². The van der Waals surface area contributed by atoms with Crippen LogP contribution in [-0.2, 0) is 10.5 Å². The molecule has 0 fully saturated rings. The molecule has 1 amide bonds. The van der Waals surface area contributed by atoms with Crippen LogP contribution in [0.4, 0.5) is 5.69 Å². The molecule has 1 atom stereocenters. The summed E-state index contributed by atoms with van der Waals surface area (Å²) < 4.78 is 5.82. The lowest BCUT2D eigenvalue weighted by Crippen LogP contribution is -2.30. The lowest BCUT2D eigenvalue weighted by molar-refractivity contribution is -0.122. The Kier molecular flexibility index (Phi) is 6.99. The van der Waals surface area contributed by atoms with E-state index in [2.05, 4.69) is 36.5 Å². The lowest BCUT2D eigenvalue weighted by Gasteiger charge is -2.17. The standard InChI is InChI=1S/C25H27NO2S/c1-17-10-12-22(15-18(17)2)28-20(4)25(27)26-24-13-11-21(14-19(24)3)16-29-23-8-6-5-7-9-23/h5-15,20H,16H2,1-4H3,(H,26,27)/t20-/m1/s1. The smallest absolute Gasteiger partial charge is 0.265 e. The van der Waals surface area contributed by atoms with E-state index < -0.39 is 6.10 Å². The predicted octanol–water partition coefficient (Wildman–Crippen LogP) is 6.31. The van der Waals surface area contributed by atoms with E-state index in [1.54, 1.807) is 18.7 Å². The Balaban J connectivity index is 1.58. The number of amides is 1. The fourth-order valence-electron chi connectivity index (χ4n) is 2.92. The van der Waals surface area contributed by atoms with Gasteiger partial charge in [-0.3, -0.25) is 4.79 Å². The van der Waals surface area contributed by atoms with Crippen LogP contribution in [0.25, 0.3) is 0 Å². The number of ether oxygens (including phenoxy) is 1. The van der Waals surface area contributed by atoms with Crippen molar-refractivity contribution in [3.8, 4) is 5.75 Å². The van der Waals surface area contributed by atoms with E-state index in [1.165, 1.54) is 16.0 Å². The van der Waals surface area contributed by atoms with E-state index >= 15 is 0 Å². The highest BCUT2D eigenvalue weighted by molar-refractivity contribution is 7.98. The molecule has 0 bridgehead atoms. The maximum atomic E-state index is 12.6. The molecule has 1 N–H and O–H groups in total. The van der Waals surface area contributed by atoms with Gasteiger partial charge in [0.1, 0.15) is 5.75 Å². The van der Waals surface area contributed by atoms with Crippen molar-refractivity contribution in [2.75, 3.05) is 5.32 Å². The van der Waals surface area contributed by atoms with E-state index in [0.29, 0.717) is 5.75 Å². The monoisotopic (exact) mass is 405 g/mol. The van der Waals surface area contributed by atoms with Gasteiger partial charge >= 0.3 is 0 Å². The first kappa shape index (κ1) is 21.0. The molecule has 3 aromatic carbocycles. The van der Waals surface area contributed by atoms with Gasteiger partial charge in [-0.05, 0) is 80.3 Å². The second kappa shape index (κ2) is 9.66. The third kappa shape index (κ3) is 5.88. The Morgan fingerprint density at radius 2 is 1.69 bits per heavy atom. The molecule has 3 nitrogen and oxygen atoms in total. The number of carbonyl (C=O) groups is 1. The fourth-order valence-corrected chi connectivity index (χ4v) is 3.78. The van der Waals surface area contributed by atoms with Gasteiger partial charge in [0.25, 0.3) is 5.91 Å². The van der Waals surface area contributed by atoms with Gasteiger partial charge in [-0.2, -0.15) is 0 Å². The molecule has 0 saturated carbocycles. The lowest BCUT2D eigenvalue weighted by atomic mass is 10.1. The van der Waals surface area contributed by atoms with Crippen LogP contribution in [0.15, 0.2) is 71.6 Å². The van der Waals surface area contributed by atoms with Gasteiger partial charge in [-0.15, -0.1) is 11.8 Å². The van der Waals surface area contributed by atoms with Crippen LogP contribution >= 0.6 is 11.8 Å². The Morgan fingerprint density at radius 1 is 0.931 bits per heavy atom. The first-order chi connectivity index (χ1) is 13.9. The number of aryl methyl sites for hydroxylation is 3. The summed E-state index contributed by atoms with van der Waals surface area (Å²) in [5.41, 5.74) is 5.45. The van der Waals surface area contributed by atoms with E-state index in [0.717, 1.165) is 22.6 Å². The molecule has 150 valence electrons. The fraction of sp³-hybridized carbons (Fsp3) is 0.240. The summed E-state index contributed by atoms with van der Waals surface area (Å²) in [6.07, 6.45) is -0.579. The van der Waals surface area contributed by atoms with E-state index in [4.69, 9.17) is 4.74 Å². The van der Waals surface area contributed by atoms with Gasteiger partial charge in [-0.1, -0.05) is 36.4 Å². The molecule has 0 aromatic heterocycles. The van der Waals surface area contributed by atoms with Gasteiger partial charge in [0, 0.05) is 16.3 Å². The van der Waals surface area contributed by atoms with Gasteiger partial charge in [0.2, 0.25) is 0 Å². The summed E-state index contributed by atoms with van der Waals surface area (Å²) in [6.45, 7) is 7.87. The minimum atomic E-state index is -0.579. The number of hydrogen-bond donors (Lipinski definition) is 1. The summed E-state index contributed by atoms with van der Waals surface area (Å²) in [4.78, 5) is 13.8. The maximum absolute atomic E-state index is 12.6. The van der Waals surface area contributed by atoms with E-state index in [-0.39, 0.29) is 5.91 Å². The van der Waals surface area contributed by atoms with Crippen LogP contribution in [0.5, 0.6) is 5.75 Å². The Bertz CT molecular complexity index is 985. The van der Waals surface area contributed by atoms with E-state index in [9.17, 15) is 4.79 Å². The van der Waals surface area contributed by atoms with Crippen molar-refractivity contribution in [2.45, 2.75) is 44.4 Å². The molecule has 0 unspecified atom stereocenters. The van der Waals surface area contributed by atoms with Gasteiger partial charge < -0.3 is 10.1 Å². The second-order valence-corrected chi connectivity index (χ2v) is 8.30. The number of thioether (sulfide) groups is 1. The minimum absolute atomic E-state index is 0.155. The summed E-state index contributed by atoms with van der Waals surface area (Å²) in [6, 6.07) is 22.4. The predicted molar refractivity (Wildman–Crippen MR) is 122 cm³/mol. The van der Waals surface area contributed by atoms with Gasteiger partial charge in [-0.25, -0.2) is 0 Å². The highest BCUT2D eigenvalue weighted by atomic mass is 32.2. The van der Waals surface area contributed by atoms with Gasteiger partial charge in [0.05, 0.1) is 0 Å². The molecule has 0 aliphatic rings. The van der Waals surface area contributed by atoms with Crippen LogP contribution in [0.3, 0.4) is 0 Å². The number of nitrogens with one attached hydrogen (secondary N) is 1. The third-order valence-electron chi connectivity index (χ3n) is 4.86. The van der Waals surface area contributed by atoms with Crippen LogP contribution in [0.2, 0.25) is 0 Å². The number of anilines is 1. The normalized spacial score (nSPS) is 11.7. The molecule has 3 aromatic rings. The topological polar surface area (TPSA) is 38.3 Å². The minimum Gasteiger partial charge on any atom is -0.481 e. The van der Waals surface area contributed by atoms with Gasteiger partial charge in [0.15, 0.2) is 6.10 Å². The average Bonchev–Trinajstić information content (AvgIpc) is 2.71. The quantitative estimate of drug-likeness (QED) is 0.468. The Hall–Kier alpha value is -2.72. The molecule has 4 heteroatoms. The van der Waals surface area contributed by atoms with Crippen LogP contribution < -0.4 is 10.1 Å². The molecular formula is C25H27NO2S. The average molecular weight is 406 g/mol. The Labute approximate surface area is 177 Å². The highest BCUT2D eigenvalue weighted by Crippen LogP contribution is 2.25. The zero-order chi connectivity index (χ0) is 20.8. The van der Waals surface area contributed by atoms with Crippen molar-refractivity contribution in [3.63, 3.8) is 0 Å². The zero-order valence-corrected chi connectivity index (χ0v) is 18.2. The highest BCUT2D eigenvalue weighted by Gasteiger charge is 2.16. The first-order valence-corrected chi connectivity index (χ1v) is 10.7. The number of benzene rings is 3. The molecule has 29 heavy (non-hydrogen) atoms. The molecule has 0 saturated heterocycles. The number of carbonyl (C=O) groups excluding carboxylic acids is 1. The van der Waals surface area contributed by atoms with Crippen LogP contribution in [0.1, 0.15) is 29.2 Å². The zero-order valence-electron chi connectivity index (χ0n) is 17.4. The van der Waals surface area contributed by atoms with Crippen molar-refractivity contribution < 1.29 is 9.53 Å². The van der Waals surface area contributed by atoms with Crippen molar-refractivity contribution >= 4 is 23.4 Å². The molecule has 0 heterocycles. The van der Waals surface area contributed by atoms with Crippen molar-refractivity contribution in [1.29, 1.82) is 0 Å². The largest absolute Gasteiger partial charge is 0.481 e. The molecule has 0 spiro atoms.